The fourth-order valence-electron chi connectivity index (χ4n) is 5.43. The number of aryl methyl sites for hydroxylation is 1. The van der Waals surface area contributed by atoms with E-state index < -0.39 is 0 Å². The standard InChI is InChI=1S/C30H21N2O.C11H8N.Ir/c1-20-8-5-6-11-24(20)22-14-17-28(31-19-22)27-13-7-12-25-26-16-15-23(32-30(26)33-29(25)27)18-21-9-3-2-4-10-21;1-2-6-10(7-3-1)11-8-4-5-9-12-11;/h2-12,14-17,19H,18H2,1H3;1-6,8-9H;/q2*-1;. The van der Waals surface area contributed by atoms with Crippen LogP contribution in [0, 0.1) is 19.1 Å². The summed E-state index contributed by atoms with van der Waals surface area (Å²) < 4.78 is 6.27. The average Bonchev–Trinajstić information content (AvgIpc) is 3.48. The van der Waals surface area contributed by atoms with Gasteiger partial charge >= 0.3 is 0 Å². The van der Waals surface area contributed by atoms with E-state index in [1.807, 2.05) is 72.9 Å². The SMILES string of the molecule is Cc1ccccc1-c1ccc(-c2[c-]ccc3c2oc2nc(Cc4ccccc4)ccc23)nc1.[Ir].[c-]1ccccc1-c1ccccn1. The third-order valence-electron chi connectivity index (χ3n) is 7.71. The van der Waals surface area contributed by atoms with Gasteiger partial charge in [0.2, 0.25) is 5.71 Å². The van der Waals surface area contributed by atoms with Crippen LogP contribution in [0.1, 0.15) is 16.8 Å². The normalized spacial score (nSPS) is 10.6. The van der Waals surface area contributed by atoms with Crippen LogP contribution in [0.15, 0.2) is 150 Å². The van der Waals surface area contributed by atoms with Gasteiger partial charge in [-0.25, -0.2) is 4.98 Å². The molecule has 0 atom stereocenters. The zero-order valence-electron chi connectivity index (χ0n) is 25.1. The van der Waals surface area contributed by atoms with Crippen molar-refractivity contribution in [1.29, 1.82) is 0 Å². The summed E-state index contributed by atoms with van der Waals surface area (Å²) in [6.07, 6.45) is 4.48. The molecule has 4 nitrogen and oxygen atoms in total. The first-order valence-electron chi connectivity index (χ1n) is 14.9. The molecule has 0 aliphatic rings. The molecule has 0 N–H and O–H groups in total. The van der Waals surface area contributed by atoms with Gasteiger partial charge in [-0.3, -0.25) is 0 Å². The van der Waals surface area contributed by atoms with Gasteiger partial charge in [0, 0.05) is 50.0 Å². The Balaban J connectivity index is 0.000000241. The maximum Gasteiger partial charge on any atom is 0.216 e. The quantitative estimate of drug-likeness (QED) is 0.164. The van der Waals surface area contributed by atoms with Crippen LogP contribution in [0.3, 0.4) is 0 Å². The molecule has 4 aromatic heterocycles. The summed E-state index contributed by atoms with van der Waals surface area (Å²) in [5.41, 5.74) is 10.9. The fraction of sp³-hybridized carbons (Fsp3) is 0.0488. The molecule has 0 saturated heterocycles. The Labute approximate surface area is 282 Å². The first-order valence-corrected chi connectivity index (χ1v) is 14.9. The van der Waals surface area contributed by atoms with E-state index in [0.29, 0.717) is 5.71 Å². The Bertz CT molecular complexity index is 2140. The van der Waals surface area contributed by atoms with E-state index in [2.05, 4.69) is 90.8 Å². The topological polar surface area (TPSA) is 51.8 Å². The number of nitrogens with zero attached hydrogens (tertiary/aromatic N) is 3. The number of hydrogen-bond acceptors (Lipinski definition) is 4. The molecular weight excluding hydrogens is 743 g/mol. The number of pyridine rings is 3. The van der Waals surface area contributed by atoms with Gasteiger partial charge in [0.05, 0.1) is 5.58 Å². The summed E-state index contributed by atoms with van der Waals surface area (Å²) >= 11 is 0. The van der Waals surface area contributed by atoms with Crippen molar-refractivity contribution in [1.82, 2.24) is 15.0 Å². The van der Waals surface area contributed by atoms with Crippen molar-refractivity contribution in [2.75, 3.05) is 0 Å². The zero-order chi connectivity index (χ0) is 30.4. The summed E-state index contributed by atoms with van der Waals surface area (Å²) in [5, 5.41) is 2.04. The van der Waals surface area contributed by atoms with Crippen molar-refractivity contribution in [3.8, 4) is 33.6 Å². The molecule has 8 aromatic rings. The van der Waals surface area contributed by atoms with Gasteiger partial charge in [-0.15, -0.1) is 54.1 Å². The Kier molecular flexibility index (Phi) is 9.54. The molecule has 225 valence electrons. The Morgan fingerprint density at radius 3 is 2.24 bits per heavy atom. The maximum atomic E-state index is 6.27. The number of benzene rings is 4. The Hall–Kier alpha value is -5.22. The van der Waals surface area contributed by atoms with Crippen LogP contribution in [-0.4, -0.2) is 15.0 Å². The molecule has 0 bridgehead atoms. The van der Waals surface area contributed by atoms with Crippen LogP contribution >= 0.6 is 0 Å². The second-order valence-corrected chi connectivity index (χ2v) is 10.8. The molecule has 0 fully saturated rings. The van der Waals surface area contributed by atoms with Crippen LogP contribution in [0.4, 0.5) is 0 Å². The minimum Gasteiger partial charge on any atom is -0.486 e. The molecule has 4 aromatic carbocycles. The third kappa shape index (κ3) is 6.72. The molecule has 0 aliphatic heterocycles. The van der Waals surface area contributed by atoms with Crippen LogP contribution < -0.4 is 0 Å². The van der Waals surface area contributed by atoms with Crippen LogP contribution in [0.25, 0.3) is 55.7 Å². The average molecular weight is 772 g/mol. The van der Waals surface area contributed by atoms with Gasteiger partial charge in [-0.05, 0) is 58.8 Å². The molecule has 8 rings (SSSR count). The summed E-state index contributed by atoms with van der Waals surface area (Å²) in [5.74, 6) is 0. The van der Waals surface area contributed by atoms with Gasteiger partial charge in [0.1, 0.15) is 0 Å². The van der Waals surface area contributed by atoms with Crippen LogP contribution in [-0.2, 0) is 26.5 Å². The molecule has 4 heterocycles. The predicted octanol–water partition coefficient (Wildman–Crippen LogP) is 9.96. The van der Waals surface area contributed by atoms with Crippen molar-refractivity contribution < 1.29 is 24.5 Å². The first-order chi connectivity index (χ1) is 22.2. The van der Waals surface area contributed by atoms with E-state index in [1.165, 1.54) is 16.7 Å². The van der Waals surface area contributed by atoms with Gasteiger partial charge in [-0.2, -0.15) is 0 Å². The molecule has 5 heteroatoms. The minimum atomic E-state index is 0. The molecule has 0 amide bonds. The summed E-state index contributed by atoms with van der Waals surface area (Å²) in [6, 6.07) is 51.1. The zero-order valence-corrected chi connectivity index (χ0v) is 27.5. The molecular formula is C41H29IrN3O-2. The van der Waals surface area contributed by atoms with Crippen LogP contribution in [0.5, 0.6) is 0 Å². The number of hydrogen-bond donors (Lipinski definition) is 0. The smallest absolute Gasteiger partial charge is 0.216 e. The predicted molar refractivity (Wildman–Crippen MR) is 182 cm³/mol. The summed E-state index contributed by atoms with van der Waals surface area (Å²) in [6.45, 7) is 2.12. The Morgan fingerprint density at radius 1 is 0.652 bits per heavy atom. The molecule has 0 aliphatic carbocycles. The molecule has 1 radical (unpaired) electrons. The fourth-order valence-corrected chi connectivity index (χ4v) is 5.43. The van der Waals surface area contributed by atoms with E-state index in [4.69, 9.17) is 14.4 Å². The van der Waals surface area contributed by atoms with Gasteiger partial charge in [0.25, 0.3) is 0 Å². The van der Waals surface area contributed by atoms with E-state index >= 15 is 0 Å². The van der Waals surface area contributed by atoms with E-state index in [9.17, 15) is 0 Å². The molecule has 0 spiro atoms. The van der Waals surface area contributed by atoms with Gasteiger partial charge in [-0.1, -0.05) is 89.8 Å². The van der Waals surface area contributed by atoms with E-state index in [-0.39, 0.29) is 20.1 Å². The van der Waals surface area contributed by atoms with Crippen molar-refractivity contribution >= 4 is 22.1 Å². The number of aromatic nitrogens is 3. The number of rotatable bonds is 5. The van der Waals surface area contributed by atoms with E-state index in [1.54, 1.807) is 6.20 Å². The van der Waals surface area contributed by atoms with Crippen molar-refractivity contribution in [3.05, 3.63) is 175 Å². The second kappa shape index (κ2) is 14.3. The number of furan rings is 1. The van der Waals surface area contributed by atoms with Crippen molar-refractivity contribution in [2.45, 2.75) is 13.3 Å². The maximum absolute atomic E-state index is 6.27. The van der Waals surface area contributed by atoms with E-state index in [0.717, 1.165) is 56.5 Å². The monoisotopic (exact) mass is 772 g/mol. The summed E-state index contributed by atoms with van der Waals surface area (Å²) in [7, 11) is 0. The first kappa shape index (κ1) is 30.8. The van der Waals surface area contributed by atoms with Crippen LogP contribution in [0.2, 0.25) is 0 Å². The third-order valence-corrected chi connectivity index (χ3v) is 7.71. The molecule has 46 heavy (non-hydrogen) atoms. The van der Waals surface area contributed by atoms with Gasteiger partial charge < -0.3 is 14.4 Å². The molecule has 0 saturated carbocycles. The second-order valence-electron chi connectivity index (χ2n) is 10.8. The van der Waals surface area contributed by atoms with Crippen molar-refractivity contribution in [2.24, 2.45) is 0 Å². The Morgan fingerprint density at radius 2 is 1.48 bits per heavy atom. The largest absolute Gasteiger partial charge is 0.486 e. The molecule has 0 unspecified atom stereocenters. The van der Waals surface area contributed by atoms with Crippen molar-refractivity contribution in [3.63, 3.8) is 0 Å². The summed E-state index contributed by atoms with van der Waals surface area (Å²) in [4.78, 5) is 13.8. The minimum absolute atomic E-state index is 0. The number of fused-ring (bicyclic) bond motifs is 3. The van der Waals surface area contributed by atoms with Gasteiger partial charge in [0.15, 0.2) is 0 Å².